The molecule has 0 bridgehead atoms. The number of halogens is 2. The van der Waals surface area contributed by atoms with Crippen LogP contribution in [0.3, 0.4) is 0 Å². The molecule has 0 N–H and O–H groups in total. The summed E-state index contributed by atoms with van der Waals surface area (Å²) in [4.78, 5) is 21.3. The second-order valence-corrected chi connectivity index (χ2v) is 4.64. The van der Waals surface area contributed by atoms with Gasteiger partial charge in [0.1, 0.15) is 5.75 Å². The van der Waals surface area contributed by atoms with E-state index in [9.17, 15) is 14.9 Å². The average molecular weight is 312 g/mol. The van der Waals surface area contributed by atoms with Gasteiger partial charge in [0.15, 0.2) is 6.29 Å². The molecular formula is C13H7Cl2NO4. The van der Waals surface area contributed by atoms with Crippen molar-refractivity contribution in [2.24, 2.45) is 0 Å². The van der Waals surface area contributed by atoms with E-state index in [1.54, 1.807) is 0 Å². The third-order valence-electron chi connectivity index (χ3n) is 2.44. The Balaban J connectivity index is 2.49. The predicted octanol–water partition coefficient (Wildman–Crippen LogP) is 4.51. The van der Waals surface area contributed by atoms with Gasteiger partial charge in [0.25, 0.3) is 0 Å². The van der Waals surface area contributed by atoms with E-state index >= 15 is 0 Å². The van der Waals surface area contributed by atoms with E-state index in [0.717, 1.165) is 0 Å². The predicted molar refractivity (Wildman–Crippen MR) is 75.0 cm³/mol. The first-order valence-electron chi connectivity index (χ1n) is 5.38. The first kappa shape index (κ1) is 14.3. The van der Waals surface area contributed by atoms with Crippen molar-refractivity contribution in [1.82, 2.24) is 0 Å². The molecule has 0 spiro atoms. The number of hydrogen-bond acceptors (Lipinski definition) is 4. The van der Waals surface area contributed by atoms with Crippen LogP contribution in [0.25, 0.3) is 0 Å². The Morgan fingerprint density at radius 3 is 2.25 bits per heavy atom. The normalized spacial score (nSPS) is 10.1. The molecule has 0 saturated carbocycles. The highest BCUT2D eigenvalue weighted by atomic mass is 35.5. The highest BCUT2D eigenvalue weighted by molar-refractivity contribution is 6.31. The van der Waals surface area contributed by atoms with Crippen LogP contribution in [-0.2, 0) is 0 Å². The van der Waals surface area contributed by atoms with Gasteiger partial charge >= 0.3 is 5.69 Å². The molecule has 0 aliphatic carbocycles. The van der Waals surface area contributed by atoms with Gasteiger partial charge in [-0.05, 0) is 18.2 Å². The van der Waals surface area contributed by atoms with Crippen molar-refractivity contribution in [3.63, 3.8) is 0 Å². The minimum Gasteiger partial charge on any atom is -0.449 e. The lowest BCUT2D eigenvalue weighted by atomic mass is 10.2. The summed E-state index contributed by atoms with van der Waals surface area (Å²) in [6.45, 7) is 0. The fourth-order valence-electron chi connectivity index (χ4n) is 1.53. The molecule has 20 heavy (non-hydrogen) atoms. The van der Waals surface area contributed by atoms with Gasteiger partial charge < -0.3 is 4.74 Å². The van der Waals surface area contributed by atoms with Gasteiger partial charge in [-0.2, -0.15) is 0 Å². The summed E-state index contributed by atoms with van der Waals surface area (Å²) < 4.78 is 5.41. The Hall–Kier alpha value is -2.11. The molecule has 0 amide bonds. The van der Waals surface area contributed by atoms with Crippen LogP contribution in [0.4, 0.5) is 5.69 Å². The number of ether oxygens (including phenoxy) is 1. The zero-order chi connectivity index (χ0) is 14.7. The molecule has 5 nitrogen and oxygen atoms in total. The van der Waals surface area contributed by atoms with Gasteiger partial charge in [0.2, 0.25) is 5.75 Å². The Labute approximate surface area is 123 Å². The van der Waals surface area contributed by atoms with Crippen molar-refractivity contribution in [3.05, 3.63) is 62.1 Å². The fraction of sp³-hybridized carbons (Fsp3) is 0. The minimum absolute atomic E-state index is 0.0622. The molecule has 2 aromatic carbocycles. The molecule has 0 fully saturated rings. The van der Waals surface area contributed by atoms with Crippen molar-refractivity contribution >= 4 is 35.2 Å². The lowest BCUT2D eigenvalue weighted by molar-refractivity contribution is -0.385. The van der Waals surface area contributed by atoms with Crippen LogP contribution in [0.5, 0.6) is 11.5 Å². The van der Waals surface area contributed by atoms with Crippen LogP contribution in [0.2, 0.25) is 10.0 Å². The maximum atomic E-state index is 10.9. The number of aldehydes is 1. The molecule has 102 valence electrons. The Kier molecular flexibility index (Phi) is 4.22. The number of carbonyl (C=O) groups excluding carboxylic acids is 1. The van der Waals surface area contributed by atoms with Crippen molar-refractivity contribution in [2.45, 2.75) is 0 Å². The first-order valence-corrected chi connectivity index (χ1v) is 6.13. The van der Waals surface area contributed by atoms with E-state index in [-0.39, 0.29) is 27.8 Å². The number of nitro benzene ring substituents is 1. The number of rotatable bonds is 4. The quantitative estimate of drug-likeness (QED) is 0.473. The SMILES string of the molecule is O=Cc1ccc(Cl)cc1Oc1cc(Cl)ccc1[N+](=O)[O-]. The monoisotopic (exact) mass is 311 g/mol. The van der Waals surface area contributed by atoms with Gasteiger partial charge in [-0.25, -0.2) is 0 Å². The molecule has 0 atom stereocenters. The van der Waals surface area contributed by atoms with Crippen molar-refractivity contribution < 1.29 is 14.5 Å². The smallest absolute Gasteiger partial charge is 0.311 e. The zero-order valence-corrected chi connectivity index (χ0v) is 11.4. The minimum atomic E-state index is -0.600. The molecular weight excluding hydrogens is 305 g/mol. The van der Waals surface area contributed by atoms with Crippen LogP contribution in [0.1, 0.15) is 10.4 Å². The Bertz CT molecular complexity index is 688. The molecule has 2 rings (SSSR count). The molecule has 0 heterocycles. The molecule has 0 aliphatic heterocycles. The molecule has 0 aromatic heterocycles. The summed E-state index contributed by atoms with van der Waals surface area (Å²) >= 11 is 11.6. The standard InChI is InChI=1S/C13H7Cl2NO4/c14-9-2-1-8(7-17)12(5-9)20-13-6-10(15)3-4-11(13)16(18)19/h1-7H. The summed E-state index contributed by atoms with van der Waals surface area (Å²) in [7, 11) is 0. The largest absolute Gasteiger partial charge is 0.449 e. The van der Waals surface area contributed by atoms with Crippen LogP contribution in [-0.4, -0.2) is 11.2 Å². The molecule has 7 heteroatoms. The summed E-state index contributed by atoms with van der Waals surface area (Å²) in [5.74, 6) is 0.0609. The van der Waals surface area contributed by atoms with E-state index in [1.807, 2.05) is 0 Å². The molecule has 0 saturated heterocycles. The third-order valence-corrected chi connectivity index (χ3v) is 2.91. The van der Waals surface area contributed by atoms with Gasteiger partial charge in [-0.1, -0.05) is 23.2 Å². The summed E-state index contributed by atoms with van der Waals surface area (Å²) in [6, 6.07) is 8.28. The lowest BCUT2D eigenvalue weighted by Gasteiger charge is -2.09. The van der Waals surface area contributed by atoms with E-state index in [0.29, 0.717) is 11.3 Å². The van der Waals surface area contributed by atoms with Crippen LogP contribution < -0.4 is 4.74 Å². The topological polar surface area (TPSA) is 69.4 Å². The van der Waals surface area contributed by atoms with Gasteiger partial charge in [0.05, 0.1) is 10.5 Å². The summed E-state index contributed by atoms with van der Waals surface area (Å²) in [5, 5.41) is 11.6. The van der Waals surface area contributed by atoms with E-state index in [4.69, 9.17) is 27.9 Å². The molecule has 2 aromatic rings. The third kappa shape index (κ3) is 3.07. The molecule has 0 unspecified atom stereocenters. The number of nitro groups is 1. The van der Waals surface area contributed by atoms with Crippen molar-refractivity contribution in [3.8, 4) is 11.5 Å². The molecule has 0 radical (unpaired) electrons. The second-order valence-electron chi connectivity index (χ2n) is 3.77. The number of nitrogens with zero attached hydrogens (tertiary/aromatic N) is 1. The number of benzene rings is 2. The van der Waals surface area contributed by atoms with Crippen molar-refractivity contribution in [2.75, 3.05) is 0 Å². The molecule has 0 aliphatic rings. The van der Waals surface area contributed by atoms with Crippen LogP contribution in [0.15, 0.2) is 36.4 Å². The summed E-state index contributed by atoms with van der Waals surface area (Å²) in [6.07, 6.45) is 0.571. The highest BCUT2D eigenvalue weighted by Gasteiger charge is 2.17. The van der Waals surface area contributed by atoms with E-state index < -0.39 is 4.92 Å². The van der Waals surface area contributed by atoms with Crippen LogP contribution >= 0.6 is 23.2 Å². The van der Waals surface area contributed by atoms with Crippen molar-refractivity contribution in [1.29, 1.82) is 0 Å². The Morgan fingerprint density at radius 1 is 1.05 bits per heavy atom. The van der Waals surface area contributed by atoms with Gasteiger partial charge in [0, 0.05) is 28.2 Å². The highest BCUT2D eigenvalue weighted by Crippen LogP contribution is 2.35. The maximum absolute atomic E-state index is 10.9. The number of hydrogen-bond donors (Lipinski definition) is 0. The van der Waals surface area contributed by atoms with Gasteiger partial charge in [-0.15, -0.1) is 0 Å². The van der Waals surface area contributed by atoms with Gasteiger partial charge in [-0.3, -0.25) is 14.9 Å². The zero-order valence-electron chi connectivity index (χ0n) is 9.88. The summed E-state index contributed by atoms with van der Waals surface area (Å²) in [5.41, 5.74) is -0.0325. The van der Waals surface area contributed by atoms with E-state index in [1.165, 1.54) is 36.4 Å². The van der Waals surface area contributed by atoms with E-state index in [2.05, 4.69) is 0 Å². The maximum Gasteiger partial charge on any atom is 0.311 e. The Morgan fingerprint density at radius 2 is 1.65 bits per heavy atom. The van der Waals surface area contributed by atoms with Crippen LogP contribution in [0, 0.1) is 10.1 Å². The fourth-order valence-corrected chi connectivity index (χ4v) is 1.86. The second kappa shape index (κ2) is 5.90. The first-order chi connectivity index (χ1) is 9.51. The average Bonchev–Trinajstić information content (AvgIpc) is 2.38. The number of carbonyl (C=O) groups is 1. The lowest BCUT2D eigenvalue weighted by Crippen LogP contribution is -1.95.